The van der Waals surface area contributed by atoms with Crippen LogP contribution in [0, 0.1) is 6.92 Å². The van der Waals surface area contributed by atoms with Crippen molar-refractivity contribution in [2.45, 2.75) is 32.2 Å². The Bertz CT molecular complexity index is 1320. The molecule has 0 spiro atoms. The van der Waals surface area contributed by atoms with Gasteiger partial charge in [0, 0.05) is 18.7 Å². The van der Waals surface area contributed by atoms with Crippen molar-refractivity contribution in [1.29, 1.82) is 0 Å². The summed E-state index contributed by atoms with van der Waals surface area (Å²) in [5.41, 5.74) is 2.01. The highest BCUT2D eigenvalue weighted by Gasteiger charge is 2.22. The van der Waals surface area contributed by atoms with E-state index in [0.29, 0.717) is 17.9 Å². The molecule has 0 radical (unpaired) electrons. The maximum Gasteiger partial charge on any atom is 0.325 e. The second-order valence-electron chi connectivity index (χ2n) is 7.00. The highest BCUT2D eigenvalue weighted by molar-refractivity contribution is 7.89. The second kappa shape index (κ2) is 9.76. The molecule has 0 unspecified atom stereocenters. The van der Waals surface area contributed by atoms with E-state index in [1.165, 1.54) is 47.0 Å². The minimum atomic E-state index is -3.61. The fourth-order valence-corrected chi connectivity index (χ4v) is 5.93. The van der Waals surface area contributed by atoms with Gasteiger partial charge in [-0.25, -0.2) is 8.42 Å². The number of esters is 1. The van der Waals surface area contributed by atoms with Crippen LogP contribution in [0.2, 0.25) is 0 Å². The summed E-state index contributed by atoms with van der Waals surface area (Å²) < 4.78 is 34.0. The van der Waals surface area contributed by atoms with E-state index >= 15 is 0 Å². The number of sulfonamides is 1. The van der Waals surface area contributed by atoms with E-state index in [0.717, 1.165) is 15.8 Å². The van der Waals surface area contributed by atoms with Crippen molar-refractivity contribution in [2.24, 2.45) is 4.99 Å². The number of aryl methyl sites for hydroxylation is 1. The molecule has 0 fully saturated rings. The maximum atomic E-state index is 12.8. The summed E-state index contributed by atoms with van der Waals surface area (Å²) in [6, 6.07) is 11.4. The highest BCUT2D eigenvalue weighted by Crippen LogP contribution is 2.21. The van der Waals surface area contributed by atoms with Crippen LogP contribution in [0.1, 0.15) is 29.8 Å². The Morgan fingerprint density at radius 3 is 2.34 bits per heavy atom. The average Bonchev–Trinajstić information content (AvgIpc) is 3.12. The van der Waals surface area contributed by atoms with E-state index in [1.54, 1.807) is 18.4 Å². The smallest absolute Gasteiger partial charge is 0.325 e. The predicted octanol–water partition coefficient (Wildman–Crippen LogP) is 2.96. The minimum absolute atomic E-state index is 0.0749. The van der Waals surface area contributed by atoms with Crippen LogP contribution in [0.4, 0.5) is 0 Å². The Morgan fingerprint density at radius 1 is 1.09 bits per heavy atom. The molecule has 2 aromatic carbocycles. The van der Waals surface area contributed by atoms with Gasteiger partial charge in [-0.2, -0.15) is 9.30 Å². The third kappa shape index (κ3) is 4.67. The van der Waals surface area contributed by atoms with Crippen molar-refractivity contribution in [3.63, 3.8) is 0 Å². The fraction of sp³-hybridized carbons (Fsp3) is 0.318. The Labute approximate surface area is 190 Å². The molecule has 0 N–H and O–H groups in total. The number of thiazole rings is 1. The molecule has 3 aromatic rings. The summed E-state index contributed by atoms with van der Waals surface area (Å²) in [4.78, 5) is 29.5. The van der Waals surface area contributed by atoms with E-state index in [-0.39, 0.29) is 17.0 Å². The van der Waals surface area contributed by atoms with Gasteiger partial charge in [-0.05, 0) is 42.8 Å². The van der Waals surface area contributed by atoms with Gasteiger partial charge in [0.25, 0.3) is 5.91 Å². The molecule has 0 atom stereocenters. The lowest BCUT2D eigenvalue weighted by Gasteiger charge is -2.18. The molecule has 0 saturated heterocycles. The zero-order valence-corrected chi connectivity index (χ0v) is 20.0. The number of carbonyl (C=O) groups is 2. The van der Waals surface area contributed by atoms with E-state index in [4.69, 9.17) is 4.74 Å². The summed E-state index contributed by atoms with van der Waals surface area (Å²) in [7, 11) is -2.30. The second-order valence-corrected chi connectivity index (χ2v) is 9.95. The van der Waals surface area contributed by atoms with Gasteiger partial charge in [-0.3, -0.25) is 9.59 Å². The van der Waals surface area contributed by atoms with Gasteiger partial charge in [-0.15, -0.1) is 0 Å². The number of amides is 1. The lowest BCUT2D eigenvalue weighted by atomic mass is 10.2. The van der Waals surface area contributed by atoms with E-state index in [2.05, 4.69) is 4.99 Å². The number of nitrogens with zero attached hydrogens (tertiary/aromatic N) is 3. The van der Waals surface area contributed by atoms with Crippen molar-refractivity contribution in [2.75, 3.05) is 20.2 Å². The summed E-state index contributed by atoms with van der Waals surface area (Å²) in [5.74, 6) is -0.979. The topological polar surface area (TPSA) is 98.0 Å². The number of para-hydroxylation sites is 1. The van der Waals surface area contributed by atoms with Crippen LogP contribution >= 0.6 is 11.3 Å². The van der Waals surface area contributed by atoms with Crippen LogP contribution in [0.3, 0.4) is 0 Å². The van der Waals surface area contributed by atoms with Gasteiger partial charge in [0.1, 0.15) is 6.54 Å². The minimum Gasteiger partial charge on any atom is -0.468 e. The summed E-state index contributed by atoms with van der Waals surface area (Å²) in [6.45, 7) is 6.11. The zero-order valence-electron chi connectivity index (χ0n) is 18.4. The predicted molar refractivity (Wildman–Crippen MR) is 123 cm³/mol. The van der Waals surface area contributed by atoms with Crippen molar-refractivity contribution in [3.8, 4) is 0 Å². The van der Waals surface area contributed by atoms with Crippen LogP contribution < -0.4 is 4.80 Å². The fourth-order valence-electron chi connectivity index (χ4n) is 3.37. The summed E-state index contributed by atoms with van der Waals surface area (Å²) >= 11 is 1.30. The lowest BCUT2D eigenvalue weighted by Crippen LogP contribution is -2.30. The lowest BCUT2D eigenvalue weighted by molar-refractivity contribution is -0.141. The van der Waals surface area contributed by atoms with Crippen LogP contribution in [-0.4, -0.2) is 49.4 Å². The van der Waals surface area contributed by atoms with Gasteiger partial charge in [0.2, 0.25) is 10.0 Å². The van der Waals surface area contributed by atoms with Gasteiger partial charge < -0.3 is 9.30 Å². The molecule has 170 valence electrons. The maximum absolute atomic E-state index is 12.8. The van der Waals surface area contributed by atoms with E-state index in [1.807, 2.05) is 25.1 Å². The third-order valence-electron chi connectivity index (χ3n) is 5.06. The molecule has 1 aromatic heterocycles. The number of hydrogen-bond acceptors (Lipinski definition) is 6. The largest absolute Gasteiger partial charge is 0.468 e. The molecule has 3 rings (SSSR count). The average molecular weight is 476 g/mol. The third-order valence-corrected chi connectivity index (χ3v) is 8.17. The quantitative estimate of drug-likeness (QED) is 0.490. The first kappa shape index (κ1) is 23.8. The molecule has 1 heterocycles. The van der Waals surface area contributed by atoms with Crippen LogP contribution in [-0.2, 0) is 26.1 Å². The molecule has 10 heteroatoms. The number of aromatic nitrogens is 1. The van der Waals surface area contributed by atoms with Gasteiger partial charge >= 0.3 is 5.97 Å². The Kier molecular flexibility index (Phi) is 7.27. The van der Waals surface area contributed by atoms with Crippen molar-refractivity contribution < 1.29 is 22.7 Å². The van der Waals surface area contributed by atoms with Crippen LogP contribution in [0.15, 0.2) is 52.4 Å². The molecular formula is C22H25N3O5S2. The highest BCUT2D eigenvalue weighted by atomic mass is 32.2. The molecule has 32 heavy (non-hydrogen) atoms. The number of benzene rings is 2. The van der Waals surface area contributed by atoms with Gasteiger partial charge in [0.05, 0.1) is 22.2 Å². The standard InChI is InChI=1S/C22H25N3O5S2/c1-5-24(6-2)32(28,29)17-12-10-16(11-13-17)21(27)23-22-25(14-19(26)30-4)20-15(3)8-7-9-18(20)31-22/h7-13H,5-6,14H2,1-4H3. The van der Waals surface area contributed by atoms with Crippen molar-refractivity contribution in [3.05, 3.63) is 58.4 Å². The Balaban J connectivity index is 2.02. The molecule has 0 aliphatic carbocycles. The van der Waals surface area contributed by atoms with Gasteiger partial charge in [-0.1, -0.05) is 37.3 Å². The number of hydrogen-bond donors (Lipinski definition) is 0. The summed E-state index contributed by atoms with van der Waals surface area (Å²) in [6.07, 6.45) is 0. The number of methoxy groups -OCH3 is 1. The zero-order chi connectivity index (χ0) is 23.5. The molecule has 0 bridgehead atoms. The first-order chi connectivity index (χ1) is 15.2. The van der Waals surface area contributed by atoms with Crippen LogP contribution in [0.5, 0.6) is 0 Å². The van der Waals surface area contributed by atoms with E-state index in [9.17, 15) is 18.0 Å². The monoisotopic (exact) mass is 475 g/mol. The number of rotatable bonds is 7. The molecular weight excluding hydrogens is 450 g/mol. The molecule has 0 saturated carbocycles. The van der Waals surface area contributed by atoms with Gasteiger partial charge in [0.15, 0.2) is 4.80 Å². The van der Waals surface area contributed by atoms with Crippen molar-refractivity contribution >= 4 is 43.5 Å². The van der Waals surface area contributed by atoms with Crippen molar-refractivity contribution in [1.82, 2.24) is 8.87 Å². The normalized spacial score (nSPS) is 12.5. The Hall–Kier alpha value is -2.82. The number of carbonyl (C=O) groups excluding carboxylic acids is 2. The molecule has 8 nitrogen and oxygen atoms in total. The Morgan fingerprint density at radius 2 is 1.75 bits per heavy atom. The first-order valence-corrected chi connectivity index (χ1v) is 12.3. The number of ether oxygens (including phenoxy) is 1. The molecule has 0 aliphatic rings. The molecule has 0 aliphatic heterocycles. The van der Waals surface area contributed by atoms with Crippen LogP contribution in [0.25, 0.3) is 10.2 Å². The van der Waals surface area contributed by atoms with E-state index < -0.39 is 21.9 Å². The molecule has 1 amide bonds. The SMILES string of the molecule is CCN(CC)S(=O)(=O)c1ccc(C(=O)N=c2sc3cccc(C)c3n2CC(=O)OC)cc1. The number of fused-ring (bicyclic) bond motifs is 1. The first-order valence-electron chi connectivity index (χ1n) is 10.1. The summed E-state index contributed by atoms with van der Waals surface area (Å²) in [5, 5.41) is 0.